The molecule has 0 aliphatic carbocycles. The van der Waals surface area contributed by atoms with Gasteiger partial charge in [-0.05, 0) is 35.3 Å². The lowest BCUT2D eigenvalue weighted by molar-refractivity contribution is -0.148. The smallest absolute Gasteiger partial charge is 0.329 e. The van der Waals surface area contributed by atoms with Crippen LogP contribution in [0, 0.1) is 0 Å². The molecule has 1 aliphatic heterocycles. The molecular weight excluding hydrogens is 298 g/mol. The van der Waals surface area contributed by atoms with Crippen LogP contribution in [0.5, 0.6) is 0 Å². The molecule has 2 N–H and O–H groups in total. The fourth-order valence-corrected chi connectivity index (χ4v) is 4.01. The summed E-state index contributed by atoms with van der Waals surface area (Å²) < 4.78 is 0. The van der Waals surface area contributed by atoms with Crippen molar-refractivity contribution in [2.45, 2.75) is 44.1 Å². The van der Waals surface area contributed by atoms with Gasteiger partial charge in [0.2, 0.25) is 5.91 Å². The lowest BCUT2D eigenvalue weighted by Gasteiger charge is -2.35. The number of benzene rings is 1. The van der Waals surface area contributed by atoms with Gasteiger partial charge in [-0.2, -0.15) is 11.8 Å². The summed E-state index contributed by atoms with van der Waals surface area (Å²) in [5, 5.41) is 12.3. The number of carboxylic acids is 1. The van der Waals surface area contributed by atoms with Crippen molar-refractivity contribution in [1.29, 1.82) is 0 Å². The highest BCUT2D eigenvalue weighted by molar-refractivity contribution is 7.99. The number of thioether (sulfide) groups is 1. The second-order valence-corrected chi connectivity index (χ2v) is 7.70. The Morgan fingerprint density at radius 1 is 1.23 bits per heavy atom. The predicted octanol–water partition coefficient (Wildman–Crippen LogP) is 2.82. The Labute approximate surface area is 135 Å². The van der Waals surface area contributed by atoms with E-state index in [1.54, 1.807) is 11.8 Å². The standard InChI is InChI=1S/C17H23NO3S/c1-16(2,13-6-4-3-5-7-13)12-14(19)18-17(15(20)21)8-10-22-11-9-17/h3-7H,8-12H2,1-2H3,(H,18,19)(H,20,21). The van der Waals surface area contributed by atoms with Gasteiger partial charge in [-0.15, -0.1) is 0 Å². The monoisotopic (exact) mass is 321 g/mol. The fourth-order valence-electron chi connectivity index (χ4n) is 2.82. The van der Waals surface area contributed by atoms with Gasteiger partial charge in [0, 0.05) is 6.42 Å². The van der Waals surface area contributed by atoms with E-state index in [2.05, 4.69) is 5.32 Å². The van der Waals surface area contributed by atoms with Crippen molar-refractivity contribution in [3.63, 3.8) is 0 Å². The number of hydrogen-bond acceptors (Lipinski definition) is 3. The zero-order valence-corrected chi connectivity index (χ0v) is 13.9. The van der Waals surface area contributed by atoms with Crippen molar-refractivity contribution in [1.82, 2.24) is 5.32 Å². The summed E-state index contributed by atoms with van der Waals surface area (Å²) in [5.74, 6) is 0.436. The van der Waals surface area contributed by atoms with Gasteiger partial charge in [0.1, 0.15) is 5.54 Å². The highest BCUT2D eigenvalue weighted by Gasteiger charge is 2.41. The molecule has 0 spiro atoms. The number of rotatable bonds is 5. The van der Waals surface area contributed by atoms with E-state index in [0.29, 0.717) is 12.8 Å². The second-order valence-electron chi connectivity index (χ2n) is 6.47. The molecule has 0 unspecified atom stereocenters. The molecule has 1 heterocycles. The summed E-state index contributed by atoms with van der Waals surface area (Å²) in [7, 11) is 0. The number of carbonyl (C=O) groups excluding carboxylic acids is 1. The van der Waals surface area contributed by atoms with Crippen LogP contribution < -0.4 is 5.32 Å². The third-order valence-electron chi connectivity index (χ3n) is 4.29. The van der Waals surface area contributed by atoms with Crippen LogP contribution in [-0.2, 0) is 15.0 Å². The van der Waals surface area contributed by atoms with Crippen LogP contribution in [-0.4, -0.2) is 34.0 Å². The lowest BCUT2D eigenvalue weighted by Crippen LogP contribution is -2.57. The Morgan fingerprint density at radius 3 is 2.36 bits per heavy atom. The molecule has 5 heteroatoms. The van der Waals surface area contributed by atoms with Crippen LogP contribution in [0.15, 0.2) is 30.3 Å². The van der Waals surface area contributed by atoms with Crippen LogP contribution in [0.3, 0.4) is 0 Å². The van der Waals surface area contributed by atoms with Crippen LogP contribution in [0.4, 0.5) is 0 Å². The minimum Gasteiger partial charge on any atom is -0.480 e. The summed E-state index contributed by atoms with van der Waals surface area (Å²) in [6.45, 7) is 4.01. The third kappa shape index (κ3) is 3.83. The van der Waals surface area contributed by atoms with Gasteiger partial charge in [0.05, 0.1) is 0 Å². The largest absolute Gasteiger partial charge is 0.480 e. The summed E-state index contributed by atoms with van der Waals surface area (Å²) in [5.41, 5.74) is -0.336. The maximum absolute atomic E-state index is 12.4. The van der Waals surface area contributed by atoms with E-state index in [1.165, 1.54) is 0 Å². The first-order valence-corrected chi connectivity index (χ1v) is 8.69. The zero-order chi connectivity index (χ0) is 16.2. The number of amides is 1. The minimum absolute atomic E-state index is 0.192. The van der Waals surface area contributed by atoms with E-state index in [1.807, 2.05) is 44.2 Å². The fraction of sp³-hybridized carbons (Fsp3) is 0.529. The first-order valence-electron chi connectivity index (χ1n) is 7.53. The number of carboxylic acid groups (broad SMARTS) is 1. The summed E-state index contributed by atoms with van der Waals surface area (Å²) in [6.07, 6.45) is 1.26. The quantitative estimate of drug-likeness (QED) is 0.875. The lowest BCUT2D eigenvalue weighted by atomic mass is 9.81. The number of nitrogens with one attached hydrogen (secondary N) is 1. The number of hydrogen-bond donors (Lipinski definition) is 2. The summed E-state index contributed by atoms with van der Waals surface area (Å²) >= 11 is 1.74. The van der Waals surface area contributed by atoms with Crippen molar-refractivity contribution in [2.24, 2.45) is 0 Å². The Bertz CT molecular complexity index is 536. The van der Waals surface area contributed by atoms with Gasteiger partial charge in [0.25, 0.3) is 0 Å². The van der Waals surface area contributed by atoms with E-state index in [-0.39, 0.29) is 17.7 Å². The van der Waals surface area contributed by atoms with Gasteiger partial charge in [-0.25, -0.2) is 4.79 Å². The molecule has 120 valence electrons. The Kier molecular flexibility index (Phi) is 5.16. The first-order chi connectivity index (χ1) is 10.4. The highest BCUT2D eigenvalue weighted by atomic mass is 32.2. The molecule has 0 bridgehead atoms. The molecule has 0 atom stereocenters. The molecular formula is C17H23NO3S. The average molecular weight is 321 g/mol. The molecule has 1 saturated heterocycles. The van der Waals surface area contributed by atoms with Crippen molar-refractivity contribution in [2.75, 3.05) is 11.5 Å². The van der Waals surface area contributed by atoms with Gasteiger partial charge < -0.3 is 10.4 Å². The average Bonchev–Trinajstić information content (AvgIpc) is 2.48. The SMILES string of the molecule is CC(C)(CC(=O)NC1(C(=O)O)CCSCC1)c1ccccc1. The second kappa shape index (κ2) is 6.73. The van der Waals surface area contributed by atoms with Crippen LogP contribution in [0.2, 0.25) is 0 Å². The zero-order valence-electron chi connectivity index (χ0n) is 13.1. The van der Waals surface area contributed by atoms with Gasteiger partial charge >= 0.3 is 5.97 Å². The van der Waals surface area contributed by atoms with Crippen molar-refractivity contribution >= 4 is 23.6 Å². The van der Waals surface area contributed by atoms with Gasteiger partial charge in [-0.3, -0.25) is 4.79 Å². The molecule has 1 fully saturated rings. The molecule has 4 nitrogen and oxygen atoms in total. The van der Waals surface area contributed by atoms with Crippen LogP contribution in [0.1, 0.15) is 38.7 Å². The van der Waals surface area contributed by atoms with E-state index >= 15 is 0 Å². The van der Waals surface area contributed by atoms with Gasteiger partial charge in [-0.1, -0.05) is 44.2 Å². The highest BCUT2D eigenvalue weighted by Crippen LogP contribution is 2.30. The number of aliphatic carboxylic acids is 1. The summed E-state index contributed by atoms with van der Waals surface area (Å²) in [4.78, 5) is 24.1. The van der Waals surface area contributed by atoms with Gasteiger partial charge in [0.15, 0.2) is 0 Å². The predicted molar refractivity (Wildman–Crippen MR) is 89.2 cm³/mol. The van der Waals surface area contributed by atoms with Crippen molar-refractivity contribution < 1.29 is 14.7 Å². The topological polar surface area (TPSA) is 66.4 Å². The molecule has 0 aromatic heterocycles. The van der Waals surface area contributed by atoms with E-state index in [9.17, 15) is 14.7 Å². The normalized spacial score (nSPS) is 17.7. The van der Waals surface area contributed by atoms with E-state index in [4.69, 9.17) is 0 Å². The third-order valence-corrected chi connectivity index (χ3v) is 5.28. The Balaban J connectivity index is 2.07. The molecule has 1 aromatic carbocycles. The van der Waals surface area contributed by atoms with E-state index < -0.39 is 11.5 Å². The van der Waals surface area contributed by atoms with Crippen LogP contribution >= 0.6 is 11.8 Å². The minimum atomic E-state index is -1.09. The van der Waals surface area contributed by atoms with Crippen molar-refractivity contribution in [3.05, 3.63) is 35.9 Å². The number of carbonyl (C=O) groups is 2. The molecule has 22 heavy (non-hydrogen) atoms. The molecule has 1 aromatic rings. The van der Waals surface area contributed by atoms with Crippen LogP contribution in [0.25, 0.3) is 0 Å². The maximum atomic E-state index is 12.4. The Morgan fingerprint density at radius 2 is 1.82 bits per heavy atom. The maximum Gasteiger partial charge on any atom is 0.329 e. The molecule has 1 amide bonds. The molecule has 0 saturated carbocycles. The first kappa shape index (κ1) is 16.9. The molecule has 1 aliphatic rings. The van der Waals surface area contributed by atoms with E-state index in [0.717, 1.165) is 17.1 Å². The summed E-state index contributed by atoms with van der Waals surface area (Å²) in [6, 6.07) is 9.84. The van der Waals surface area contributed by atoms with Crippen molar-refractivity contribution in [3.8, 4) is 0 Å². The molecule has 0 radical (unpaired) electrons. The molecule has 2 rings (SSSR count). The Hall–Kier alpha value is -1.49.